The quantitative estimate of drug-likeness (QED) is 0.375. The van der Waals surface area contributed by atoms with Crippen molar-refractivity contribution in [1.29, 1.82) is 0 Å². The first-order valence-corrected chi connectivity index (χ1v) is 4.03. The Bertz CT molecular complexity index is 229. The monoisotopic (exact) mass is 170 g/mol. The summed E-state index contributed by atoms with van der Waals surface area (Å²) < 4.78 is 4.40. The molecule has 5 nitrogen and oxygen atoms in total. The number of alkyl carbamates (subject to hydrolysis) is 1. The van der Waals surface area contributed by atoms with Crippen LogP contribution in [0.5, 0.6) is 0 Å². The van der Waals surface area contributed by atoms with Gasteiger partial charge in [0.15, 0.2) is 0 Å². The van der Waals surface area contributed by atoms with E-state index in [2.05, 4.69) is 15.4 Å². The maximum Gasteiger partial charge on any atom is 0.415 e. The molecule has 0 radical (unpaired) electrons. The highest BCUT2D eigenvalue weighted by Crippen LogP contribution is 2.13. The van der Waals surface area contributed by atoms with Gasteiger partial charge < -0.3 is 15.4 Å². The summed E-state index contributed by atoms with van der Waals surface area (Å²) in [5.41, 5.74) is 0. The van der Waals surface area contributed by atoms with Gasteiger partial charge in [-0.1, -0.05) is 0 Å². The third-order valence-electron chi connectivity index (χ3n) is 2.21. The van der Waals surface area contributed by atoms with Crippen LogP contribution in [0.15, 0.2) is 0 Å². The number of esters is 1. The maximum absolute atomic E-state index is 11.1. The number of rotatable bonds is 0. The fourth-order valence-electron chi connectivity index (χ4n) is 1.63. The third kappa shape index (κ3) is 1.16. The molecule has 66 valence electrons. The Morgan fingerprint density at radius 1 is 1.42 bits per heavy atom. The predicted molar refractivity (Wildman–Crippen MR) is 39.4 cm³/mol. The van der Waals surface area contributed by atoms with Crippen molar-refractivity contribution in [2.45, 2.75) is 24.9 Å². The first-order chi connectivity index (χ1) is 5.77. The predicted octanol–water partition coefficient (Wildman–Crippen LogP) is -0.627. The first kappa shape index (κ1) is 7.54. The summed E-state index contributed by atoms with van der Waals surface area (Å²) in [6.45, 7) is 0.812. The summed E-state index contributed by atoms with van der Waals surface area (Å²) in [7, 11) is 0. The molecular weight excluding hydrogens is 160 g/mol. The van der Waals surface area contributed by atoms with E-state index in [4.69, 9.17) is 0 Å². The molecule has 0 aliphatic carbocycles. The lowest BCUT2D eigenvalue weighted by molar-refractivity contribution is -0.143. The van der Waals surface area contributed by atoms with Crippen LogP contribution in [-0.2, 0) is 9.53 Å². The van der Waals surface area contributed by atoms with Gasteiger partial charge in [-0.3, -0.25) is 0 Å². The van der Waals surface area contributed by atoms with Crippen molar-refractivity contribution in [2.75, 3.05) is 6.54 Å². The lowest BCUT2D eigenvalue weighted by Gasteiger charge is -2.34. The van der Waals surface area contributed by atoms with Crippen molar-refractivity contribution >= 4 is 12.1 Å². The van der Waals surface area contributed by atoms with Gasteiger partial charge in [-0.25, -0.2) is 9.59 Å². The lowest BCUT2D eigenvalue weighted by atomic mass is 9.98. The second kappa shape index (κ2) is 2.75. The van der Waals surface area contributed by atoms with Crippen LogP contribution in [0.3, 0.4) is 0 Å². The van der Waals surface area contributed by atoms with Crippen LogP contribution in [0, 0.1) is 0 Å². The largest absolute Gasteiger partial charge is 0.415 e. The summed E-state index contributed by atoms with van der Waals surface area (Å²) in [4.78, 5) is 21.8. The lowest BCUT2D eigenvalue weighted by Crippen LogP contribution is -2.62. The molecule has 2 aliphatic rings. The Morgan fingerprint density at radius 3 is 3.08 bits per heavy atom. The number of carbonyl (C=O) groups excluding carboxylic acids is 2. The average molecular weight is 170 g/mol. The topological polar surface area (TPSA) is 67.4 Å². The molecule has 2 aliphatic heterocycles. The van der Waals surface area contributed by atoms with Gasteiger partial charge in [0.1, 0.15) is 6.04 Å². The second-order valence-electron chi connectivity index (χ2n) is 3.03. The van der Waals surface area contributed by atoms with Crippen LogP contribution >= 0.6 is 0 Å². The van der Waals surface area contributed by atoms with E-state index in [1.165, 1.54) is 0 Å². The SMILES string of the molecule is O=C1NC2CCCNC2C(=O)O1. The molecule has 2 N–H and O–H groups in total. The first-order valence-electron chi connectivity index (χ1n) is 4.03. The molecule has 2 fully saturated rings. The molecule has 2 unspecified atom stereocenters. The molecule has 2 atom stereocenters. The summed E-state index contributed by atoms with van der Waals surface area (Å²) in [5, 5.41) is 5.61. The van der Waals surface area contributed by atoms with Crippen LogP contribution in [0.4, 0.5) is 4.79 Å². The summed E-state index contributed by atoms with van der Waals surface area (Å²) >= 11 is 0. The molecule has 2 heterocycles. The molecule has 2 rings (SSSR count). The van der Waals surface area contributed by atoms with Gasteiger partial charge in [-0.2, -0.15) is 0 Å². The minimum atomic E-state index is -0.620. The molecule has 12 heavy (non-hydrogen) atoms. The molecule has 1 amide bonds. The minimum Gasteiger partial charge on any atom is -0.375 e. The zero-order chi connectivity index (χ0) is 8.55. The molecule has 0 aromatic carbocycles. The van der Waals surface area contributed by atoms with Gasteiger partial charge >= 0.3 is 12.1 Å². The normalized spacial score (nSPS) is 35.0. The molecule has 2 saturated heterocycles. The van der Waals surface area contributed by atoms with Gasteiger partial charge in [0.2, 0.25) is 0 Å². The van der Waals surface area contributed by atoms with Crippen molar-refractivity contribution < 1.29 is 14.3 Å². The Hall–Kier alpha value is -1.10. The van der Waals surface area contributed by atoms with E-state index in [0.29, 0.717) is 0 Å². The van der Waals surface area contributed by atoms with Gasteiger partial charge in [0, 0.05) is 0 Å². The number of carbonyl (C=O) groups is 2. The van der Waals surface area contributed by atoms with E-state index < -0.39 is 12.1 Å². The van der Waals surface area contributed by atoms with Crippen LogP contribution in [0.2, 0.25) is 0 Å². The van der Waals surface area contributed by atoms with Crippen molar-refractivity contribution in [3.05, 3.63) is 0 Å². The van der Waals surface area contributed by atoms with Gasteiger partial charge in [-0.05, 0) is 19.4 Å². The van der Waals surface area contributed by atoms with Crippen molar-refractivity contribution in [2.24, 2.45) is 0 Å². The molecule has 0 bridgehead atoms. The highest BCUT2D eigenvalue weighted by atomic mass is 16.6. The number of amides is 1. The second-order valence-corrected chi connectivity index (χ2v) is 3.03. The zero-order valence-electron chi connectivity index (χ0n) is 6.50. The molecule has 0 aromatic heterocycles. The maximum atomic E-state index is 11.1. The average Bonchev–Trinajstić information content (AvgIpc) is 2.04. The van der Waals surface area contributed by atoms with E-state index in [1.54, 1.807) is 0 Å². The highest BCUT2D eigenvalue weighted by molar-refractivity contribution is 5.91. The number of cyclic esters (lactones) is 2. The van der Waals surface area contributed by atoms with Gasteiger partial charge in [-0.15, -0.1) is 0 Å². The van der Waals surface area contributed by atoms with Crippen molar-refractivity contribution in [3.8, 4) is 0 Å². The molecule has 0 aromatic rings. The molecule has 0 saturated carbocycles. The van der Waals surface area contributed by atoms with E-state index >= 15 is 0 Å². The number of hydrogen-bond acceptors (Lipinski definition) is 4. The summed E-state index contributed by atoms with van der Waals surface area (Å²) in [6.07, 6.45) is 1.21. The Balaban J connectivity index is 2.11. The molecule has 0 spiro atoms. The van der Waals surface area contributed by atoms with E-state index in [-0.39, 0.29) is 12.1 Å². The third-order valence-corrected chi connectivity index (χ3v) is 2.21. The summed E-state index contributed by atoms with van der Waals surface area (Å²) in [6, 6.07) is -0.413. The van der Waals surface area contributed by atoms with E-state index in [9.17, 15) is 9.59 Å². The number of fused-ring (bicyclic) bond motifs is 1. The number of piperidine rings is 1. The number of ether oxygens (including phenoxy) is 1. The zero-order valence-corrected chi connectivity index (χ0v) is 6.50. The highest BCUT2D eigenvalue weighted by Gasteiger charge is 2.38. The van der Waals surface area contributed by atoms with E-state index in [0.717, 1.165) is 19.4 Å². The van der Waals surface area contributed by atoms with Crippen LogP contribution in [0.1, 0.15) is 12.8 Å². The van der Waals surface area contributed by atoms with E-state index in [1.807, 2.05) is 0 Å². The standard InChI is InChI=1S/C7H10N2O3/c10-6-5-4(2-1-3-8-5)9-7(11)12-6/h4-5,8H,1-3H2,(H,9,11). The molecule has 5 heteroatoms. The number of nitrogens with one attached hydrogen (secondary N) is 2. The van der Waals surface area contributed by atoms with Crippen LogP contribution < -0.4 is 10.6 Å². The summed E-state index contributed by atoms with van der Waals surface area (Å²) in [5.74, 6) is -0.455. The van der Waals surface area contributed by atoms with Gasteiger partial charge in [0.05, 0.1) is 6.04 Å². The number of hydrogen-bond donors (Lipinski definition) is 2. The van der Waals surface area contributed by atoms with Crippen molar-refractivity contribution in [1.82, 2.24) is 10.6 Å². The molecular formula is C7H10N2O3. The van der Waals surface area contributed by atoms with Gasteiger partial charge in [0.25, 0.3) is 0 Å². The Kier molecular flexibility index (Phi) is 1.73. The fraction of sp³-hybridized carbons (Fsp3) is 0.714. The minimum absolute atomic E-state index is 0.0764. The Morgan fingerprint density at radius 2 is 2.25 bits per heavy atom. The van der Waals surface area contributed by atoms with Crippen LogP contribution in [-0.4, -0.2) is 30.7 Å². The smallest absolute Gasteiger partial charge is 0.375 e. The van der Waals surface area contributed by atoms with Crippen molar-refractivity contribution in [3.63, 3.8) is 0 Å². The Labute approximate surface area is 69.5 Å². The van der Waals surface area contributed by atoms with Crippen LogP contribution in [0.25, 0.3) is 0 Å². The fourth-order valence-corrected chi connectivity index (χ4v) is 1.63.